The van der Waals surface area contributed by atoms with Gasteiger partial charge in [0.05, 0.1) is 6.61 Å². The number of imide groups is 1. The average molecular weight is 434 g/mol. The normalized spacial score (nSPS) is 22.4. The van der Waals surface area contributed by atoms with Gasteiger partial charge in [0.25, 0.3) is 5.91 Å². The van der Waals surface area contributed by atoms with E-state index in [1.54, 1.807) is 18.2 Å². The first-order chi connectivity index (χ1) is 15.6. The van der Waals surface area contributed by atoms with E-state index in [4.69, 9.17) is 4.74 Å². The molecule has 0 saturated carbocycles. The Morgan fingerprint density at radius 2 is 1.78 bits per heavy atom. The summed E-state index contributed by atoms with van der Waals surface area (Å²) in [5.41, 5.74) is 1.22. The van der Waals surface area contributed by atoms with Crippen molar-refractivity contribution < 1.29 is 19.1 Å². The molecular weight excluding hydrogens is 408 g/mol. The molecule has 2 aromatic carbocycles. The number of fused-ring (bicyclic) bond motifs is 2. The van der Waals surface area contributed by atoms with E-state index in [2.05, 4.69) is 15.5 Å². The molecule has 3 aliphatic rings. The molecule has 2 fully saturated rings. The fourth-order valence-electron chi connectivity index (χ4n) is 4.77. The van der Waals surface area contributed by atoms with Gasteiger partial charge < -0.3 is 20.3 Å². The first-order valence-corrected chi connectivity index (χ1v) is 11.1. The van der Waals surface area contributed by atoms with Crippen molar-refractivity contribution in [3.63, 3.8) is 0 Å². The molecule has 1 spiro atoms. The fraction of sp³-hybridized carbons (Fsp3) is 0.375. The molecule has 1 unspecified atom stereocenters. The molecule has 3 aliphatic heterocycles. The third-order valence-electron chi connectivity index (χ3n) is 6.43. The van der Waals surface area contributed by atoms with Gasteiger partial charge in [-0.25, -0.2) is 4.79 Å². The molecule has 1 atom stereocenters. The van der Waals surface area contributed by atoms with E-state index in [1.165, 1.54) is 19.3 Å². The molecule has 2 aromatic rings. The van der Waals surface area contributed by atoms with Crippen molar-refractivity contribution in [2.24, 2.45) is 0 Å². The van der Waals surface area contributed by atoms with Crippen molar-refractivity contribution in [1.29, 1.82) is 0 Å². The third-order valence-corrected chi connectivity index (χ3v) is 6.43. The molecule has 5 rings (SSSR count). The minimum Gasteiger partial charge on any atom is -0.493 e. The predicted molar refractivity (Wildman–Crippen MR) is 120 cm³/mol. The van der Waals surface area contributed by atoms with E-state index in [-0.39, 0.29) is 6.54 Å². The van der Waals surface area contributed by atoms with Crippen LogP contribution < -0.4 is 20.3 Å². The number of hydrogen-bond donors (Lipinski definition) is 2. The molecule has 2 N–H and O–H groups in total. The van der Waals surface area contributed by atoms with Crippen molar-refractivity contribution in [2.75, 3.05) is 36.5 Å². The zero-order chi connectivity index (χ0) is 22.1. The van der Waals surface area contributed by atoms with Crippen LogP contribution in [0.4, 0.5) is 16.2 Å². The summed E-state index contributed by atoms with van der Waals surface area (Å²) in [4.78, 5) is 41.9. The van der Waals surface area contributed by atoms with Crippen molar-refractivity contribution in [2.45, 2.75) is 31.2 Å². The summed E-state index contributed by atoms with van der Waals surface area (Å²) in [6, 6.07) is 14.3. The molecular formula is C24H26N4O4. The minimum absolute atomic E-state index is 0.312. The molecule has 8 nitrogen and oxygen atoms in total. The Hall–Kier alpha value is -3.55. The molecule has 32 heavy (non-hydrogen) atoms. The van der Waals surface area contributed by atoms with Crippen molar-refractivity contribution in [1.82, 2.24) is 10.2 Å². The lowest BCUT2D eigenvalue weighted by atomic mass is 9.84. The van der Waals surface area contributed by atoms with Gasteiger partial charge in [0.15, 0.2) is 5.54 Å². The smallest absolute Gasteiger partial charge is 0.325 e. The van der Waals surface area contributed by atoms with Crippen LogP contribution >= 0.6 is 0 Å². The average Bonchev–Trinajstić information content (AvgIpc) is 3.05. The SMILES string of the molecule is O=C(CN1C(=O)NC2(CCOc3ccccc32)C1=O)Nc1ccc(N2CCCCC2)cc1. The number of nitrogens with zero attached hydrogens (tertiary/aromatic N) is 2. The van der Waals surface area contributed by atoms with E-state index in [1.807, 2.05) is 30.3 Å². The number of carbonyl (C=O) groups is 3. The van der Waals surface area contributed by atoms with E-state index in [9.17, 15) is 14.4 Å². The quantitative estimate of drug-likeness (QED) is 0.722. The Morgan fingerprint density at radius 3 is 2.56 bits per heavy atom. The van der Waals surface area contributed by atoms with Crippen molar-refractivity contribution in [3.8, 4) is 5.75 Å². The van der Waals surface area contributed by atoms with Crippen molar-refractivity contribution >= 4 is 29.2 Å². The van der Waals surface area contributed by atoms with Gasteiger partial charge in [-0.2, -0.15) is 0 Å². The maximum absolute atomic E-state index is 13.3. The highest BCUT2D eigenvalue weighted by molar-refractivity contribution is 6.10. The summed E-state index contributed by atoms with van der Waals surface area (Å²) in [6.07, 6.45) is 3.99. The van der Waals surface area contributed by atoms with Gasteiger partial charge >= 0.3 is 6.03 Å². The van der Waals surface area contributed by atoms with Crippen LogP contribution in [0.5, 0.6) is 5.75 Å². The Balaban J connectivity index is 1.26. The molecule has 8 heteroatoms. The summed E-state index contributed by atoms with van der Waals surface area (Å²) in [7, 11) is 0. The summed E-state index contributed by atoms with van der Waals surface area (Å²) < 4.78 is 5.64. The number of para-hydroxylation sites is 1. The Kier molecular flexibility index (Phi) is 5.20. The second-order valence-electron chi connectivity index (χ2n) is 8.46. The van der Waals surface area contributed by atoms with Gasteiger partial charge in [-0.3, -0.25) is 14.5 Å². The van der Waals surface area contributed by atoms with Crippen LogP contribution in [0.2, 0.25) is 0 Å². The van der Waals surface area contributed by atoms with E-state index in [0.29, 0.717) is 30.0 Å². The number of urea groups is 1. The number of rotatable bonds is 4. The maximum Gasteiger partial charge on any atom is 0.325 e. The summed E-state index contributed by atoms with van der Waals surface area (Å²) >= 11 is 0. The van der Waals surface area contributed by atoms with Crippen LogP contribution in [0.1, 0.15) is 31.2 Å². The highest BCUT2D eigenvalue weighted by atomic mass is 16.5. The number of benzene rings is 2. The molecule has 166 valence electrons. The molecule has 0 bridgehead atoms. The van der Waals surface area contributed by atoms with Crippen LogP contribution in [0, 0.1) is 0 Å². The lowest BCUT2D eigenvalue weighted by Crippen LogP contribution is -2.48. The van der Waals surface area contributed by atoms with Gasteiger partial charge in [0, 0.05) is 36.4 Å². The lowest BCUT2D eigenvalue weighted by Gasteiger charge is -2.33. The molecule has 0 aromatic heterocycles. The number of ether oxygens (including phenoxy) is 1. The maximum atomic E-state index is 13.3. The molecule has 4 amide bonds. The summed E-state index contributed by atoms with van der Waals surface area (Å²) in [5, 5.41) is 5.60. The molecule has 0 radical (unpaired) electrons. The van der Waals surface area contributed by atoms with Gasteiger partial charge in [0.2, 0.25) is 5.91 Å². The number of amides is 4. The highest BCUT2D eigenvalue weighted by Crippen LogP contribution is 2.40. The number of hydrogen-bond acceptors (Lipinski definition) is 5. The van der Waals surface area contributed by atoms with E-state index >= 15 is 0 Å². The number of nitrogens with one attached hydrogen (secondary N) is 2. The second-order valence-corrected chi connectivity index (χ2v) is 8.46. The zero-order valence-corrected chi connectivity index (χ0v) is 17.8. The standard InChI is InChI=1S/C24H26N4O4/c29-21(25-17-8-10-18(11-9-17)27-13-4-1-5-14-27)16-28-22(30)24(26-23(28)31)12-15-32-20-7-3-2-6-19(20)24/h2-3,6-11H,1,4-5,12-16H2,(H,25,29)(H,26,31). The van der Waals surface area contributed by atoms with E-state index < -0.39 is 23.4 Å². The number of anilines is 2. The van der Waals surface area contributed by atoms with Crippen LogP contribution in [0.15, 0.2) is 48.5 Å². The van der Waals surface area contributed by atoms with Crippen LogP contribution in [0.3, 0.4) is 0 Å². The Morgan fingerprint density at radius 1 is 1.03 bits per heavy atom. The van der Waals surface area contributed by atoms with Gasteiger partial charge in [-0.15, -0.1) is 0 Å². The number of carbonyl (C=O) groups excluding carboxylic acids is 3. The van der Waals surface area contributed by atoms with Gasteiger partial charge in [-0.05, 0) is 49.6 Å². The number of piperidine rings is 1. The van der Waals surface area contributed by atoms with E-state index in [0.717, 1.165) is 23.7 Å². The highest BCUT2D eigenvalue weighted by Gasteiger charge is 2.55. The van der Waals surface area contributed by atoms with Crippen molar-refractivity contribution in [3.05, 3.63) is 54.1 Å². The third kappa shape index (κ3) is 3.55. The second kappa shape index (κ2) is 8.18. The summed E-state index contributed by atoms with van der Waals surface area (Å²) in [5.74, 6) is -0.266. The van der Waals surface area contributed by atoms with Crippen LogP contribution in [-0.4, -0.2) is 49.0 Å². The predicted octanol–water partition coefficient (Wildman–Crippen LogP) is 2.85. The monoisotopic (exact) mass is 434 g/mol. The van der Waals surface area contributed by atoms with Crippen LogP contribution in [-0.2, 0) is 15.1 Å². The largest absolute Gasteiger partial charge is 0.493 e. The van der Waals surface area contributed by atoms with Gasteiger partial charge in [0.1, 0.15) is 12.3 Å². The fourth-order valence-corrected chi connectivity index (χ4v) is 4.77. The summed E-state index contributed by atoms with van der Waals surface area (Å²) in [6.45, 7) is 2.07. The Labute approximate surface area is 186 Å². The lowest BCUT2D eigenvalue weighted by molar-refractivity contribution is -0.135. The minimum atomic E-state index is -1.18. The van der Waals surface area contributed by atoms with Gasteiger partial charge in [-0.1, -0.05) is 18.2 Å². The first-order valence-electron chi connectivity index (χ1n) is 11.1. The molecule has 0 aliphatic carbocycles. The zero-order valence-electron chi connectivity index (χ0n) is 17.8. The Bertz CT molecular complexity index is 1050. The topological polar surface area (TPSA) is 91.0 Å². The van der Waals surface area contributed by atoms with Crippen LogP contribution in [0.25, 0.3) is 0 Å². The molecule has 3 heterocycles. The first kappa shape index (κ1) is 20.4. The molecule has 2 saturated heterocycles.